The molecule has 1 saturated carbocycles. The predicted molar refractivity (Wildman–Crippen MR) is 316 cm³/mol. The summed E-state index contributed by atoms with van der Waals surface area (Å²) in [6.45, 7) is -3.41. The predicted octanol–water partition coefficient (Wildman–Crippen LogP) is -11.4. The van der Waals surface area contributed by atoms with E-state index in [4.69, 9.17) is 79.0 Å². The van der Waals surface area contributed by atoms with Crippen molar-refractivity contribution in [1.82, 2.24) is 74.5 Å². The molecule has 42 nitrogen and oxygen atoms in total. The van der Waals surface area contributed by atoms with E-state index in [1.165, 1.54) is 44.0 Å². The minimum absolute atomic E-state index is 0.00967. The van der Waals surface area contributed by atoms with Crippen LogP contribution in [0.1, 0.15) is 25.0 Å². The summed E-state index contributed by atoms with van der Waals surface area (Å²) in [5.41, 5.74) is 49.7. The third-order valence-electron chi connectivity index (χ3n) is 16.4. The number of carbonyl (C=O) groups excluding carboxylic acids is 5. The molecule has 0 radical (unpaired) electrons. The number of nitrogens with two attached hydrogens (primary N) is 8. The highest BCUT2D eigenvalue weighted by molar-refractivity contribution is 5.88. The lowest BCUT2D eigenvalue weighted by Gasteiger charge is -2.47. The van der Waals surface area contributed by atoms with E-state index in [1.807, 2.05) is 0 Å². The lowest BCUT2D eigenvalue weighted by Crippen LogP contribution is -2.68. The zero-order valence-electron chi connectivity index (χ0n) is 50.6. The van der Waals surface area contributed by atoms with Crippen LogP contribution in [0, 0.1) is 0 Å². The standard InChI is InChI=1S/C52H81N23O19/c53-10-25-37(82)39(84)32(57)49(89-25)93-43-27(17-76)91-51(41(43)86)94-44-36(81)23(54)9-24(55)42(44)92-50-33(58)40(85)38(83)26(90-50)12-75-11-22(69-70-75)3-1-2-8-88-52(87)62-5-7-72(31(80)16-74-21-68-35-46(60)64-19-66-48(35)74)14-29(78)61-4-6-71(13-28(56)77)30(79)15-73-20-67-34-45(59)63-18-65-47(34)73/h11,18-21,23-27,32-33,36-44,49-51,76,81-86H,1-10,12-17,53-55,57-58H2,(H2,56,77)(H,61,78)(H,62,87)(H2,59,63,65)(H2,60,64,66)/t23-,24+,25+,26-,27-,32-,33-,36+,37-,38-,39-,40-,41-,42-,43-,44-,49-,50-,51+/m1/s1. The van der Waals surface area contributed by atoms with E-state index in [0.29, 0.717) is 25.0 Å². The first-order valence-electron chi connectivity index (χ1n) is 30.0. The van der Waals surface area contributed by atoms with Gasteiger partial charge in [-0.2, -0.15) is 0 Å². The first kappa shape index (κ1) is 70.6. The number of primary amides is 1. The molecule has 3 aliphatic heterocycles. The Balaban J connectivity index is 0.732. The van der Waals surface area contributed by atoms with Crippen molar-refractivity contribution in [2.45, 2.75) is 162 Å². The third-order valence-corrected chi connectivity index (χ3v) is 16.4. The van der Waals surface area contributed by atoms with Crippen LogP contribution in [0.4, 0.5) is 16.4 Å². The molecule has 8 heterocycles. The number of ether oxygens (including phenoxy) is 7. The summed E-state index contributed by atoms with van der Waals surface area (Å²) in [6.07, 6.45) is -14.7. The van der Waals surface area contributed by atoms with Gasteiger partial charge < -0.3 is 144 Å². The maximum atomic E-state index is 13.8. The van der Waals surface area contributed by atoms with E-state index >= 15 is 0 Å². The van der Waals surface area contributed by atoms with Crippen LogP contribution in [0.25, 0.3) is 22.3 Å². The number of nitrogens with one attached hydrogen (secondary N) is 2. The molecule has 19 atom stereocenters. The second-order valence-electron chi connectivity index (χ2n) is 23.0. The molecule has 0 bridgehead atoms. The number of rotatable bonds is 29. The Kier molecular flexibility index (Phi) is 23.8. The van der Waals surface area contributed by atoms with Crippen molar-refractivity contribution >= 4 is 63.7 Å². The molecule has 25 N–H and O–H groups in total. The molecule has 5 amide bonds. The van der Waals surface area contributed by atoms with Gasteiger partial charge in [-0.15, -0.1) is 5.10 Å². The number of carbonyl (C=O) groups is 5. The van der Waals surface area contributed by atoms with Gasteiger partial charge >= 0.3 is 6.09 Å². The van der Waals surface area contributed by atoms with Gasteiger partial charge in [0.25, 0.3) is 0 Å². The van der Waals surface area contributed by atoms with Crippen LogP contribution in [0.15, 0.2) is 31.5 Å². The van der Waals surface area contributed by atoms with Crippen molar-refractivity contribution in [2.24, 2.45) is 34.4 Å². The van der Waals surface area contributed by atoms with Gasteiger partial charge in [0, 0.05) is 51.0 Å². The number of alkyl carbamates (subject to hydrolysis) is 1. The number of nitrogen functional groups attached to an aromatic ring is 2. The molecular formula is C52H81N23O19. The molecule has 94 heavy (non-hydrogen) atoms. The fourth-order valence-corrected chi connectivity index (χ4v) is 11.2. The average molecular weight is 1330 g/mol. The number of nitrogens with zero attached hydrogens (tertiary/aromatic N) is 13. The highest BCUT2D eigenvalue weighted by atomic mass is 16.8. The molecule has 0 unspecified atom stereocenters. The quantitative estimate of drug-likeness (QED) is 0.0198. The second kappa shape index (κ2) is 31.7. The molecule has 3 saturated heterocycles. The zero-order valence-corrected chi connectivity index (χ0v) is 50.6. The van der Waals surface area contributed by atoms with Crippen LogP contribution in [0.3, 0.4) is 0 Å². The summed E-state index contributed by atoms with van der Waals surface area (Å²) in [5, 5.41) is 89.7. The van der Waals surface area contributed by atoms with E-state index in [0.717, 1.165) is 4.90 Å². The number of unbranched alkanes of at least 4 members (excludes halogenated alkanes) is 1. The number of amides is 5. The van der Waals surface area contributed by atoms with Crippen molar-refractivity contribution in [3.8, 4) is 0 Å². The SMILES string of the molecule is NC[C@@H]1O[C@H](O[C@H]2[C@@H](O)[C@H](O[C@@H]3[C@@H](O)[C@H](N)C[C@H](N)[C@H]3O[C@H]3O[C@H](Cn4cc(CCCCOC(=O)NCCN(CC(=O)NCCN(CC(N)=O)C(=O)Cn5cnc6c(N)ncnc65)C(=O)Cn5cnc6c(N)ncnc65)nn4)[C@@H](O)[C@H](O)[C@H]3N)O[C@@H]2CO)[C@H](N)[C@@H](O)[C@@H]1O. The fraction of sp³-hybridized carbons (Fsp3) is 0.673. The smallest absolute Gasteiger partial charge is 0.407 e. The monoisotopic (exact) mass is 1330 g/mol. The number of aromatic nitrogens is 11. The van der Waals surface area contributed by atoms with E-state index in [2.05, 4.69) is 50.8 Å². The molecule has 5 aromatic heterocycles. The van der Waals surface area contributed by atoms with Crippen molar-refractivity contribution in [1.29, 1.82) is 0 Å². The van der Waals surface area contributed by atoms with E-state index in [1.54, 1.807) is 6.20 Å². The molecule has 518 valence electrons. The van der Waals surface area contributed by atoms with E-state index < -0.39 is 166 Å². The molecule has 4 fully saturated rings. The van der Waals surface area contributed by atoms with Crippen molar-refractivity contribution < 1.29 is 92.9 Å². The van der Waals surface area contributed by atoms with E-state index in [9.17, 15) is 59.7 Å². The van der Waals surface area contributed by atoms with Gasteiger partial charge in [0.1, 0.15) is 104 Å². The Bertz CT molecular complexity index is 3370. The van der Waals surface area contributed by atoms with Gasteiger partial charge in [-0.05, 0) is 25.7 Å². The molecular weight excluding hydrogens is 1250 g/mol. The first-order chi connectivity index (χ1) is 44.9. The summed E-state index contributed by atoms with van der Waals surface area (Å²) >= 11 is 0. The number of imidazole rings is 2. The van der Waals surface area contributed by atoms with Crippen molar-refractivity contribution in [3.05, 3.63) is 37.2 Å². The molecule has 42 heteroatoms. The van der Waals surface area contributed by atoms with Crippen LogP contribution in [-0.2, 0) is 78.4 Å². The number of anilines is 2. The molecule has 4 aliphatic rings. The maximum absolute atomic E-state index is 13.8. The van der Waals surface area contributed by atoms with Crippen molar-refractivity contribution in [3.63, 3.8) is 0 Å². The van der Waals surface area contributed by atoms with E-state index in [-0.39, 0.29) is 99.3 Å². The normalized spacial score (nSPS) is 30.3. The summed E-state index contributed by atoms with van der Waals surface area (Å²) in [6, 6.07) is -4.66. The van der Waals surface area contributed by atoms with Crippen molar-refractivity contribution in [2.75, 3.05) is 70.5 Å². The van der Waals surface area contributed by atoms with Gasteiger partial charge in [-0.25, -0.2) is 39.4 Å². The third kappa shape index (κ3) is 16.7. The van der Waals surface area contributed by atoms with Gasteiger partial charge in [-0.1, -0.05) is 5.21 Å². The molecule has 1 aliphatic carbocycles. The maximum Gasteiger partial charge on any atom is 0.407 e. The first-order valence-corrected chi connectivity index (χ1v) is 30.0. The molecule has 0 aromatic carbocycles. The largest absolute Gasteiger partial charge is 0.450 e. The van der Waals surface area contributed by atoms with Gasteiger partial charge in [0.2, 0.25) is 23.6 Å². The number of aliphatic hydroxyl groups is 7. The van der Waals surface area contributed by atoms with Crippen LogP contribution in [-0.4, -0.2) is 305 Å². The van der Waals surface area contributed by atoms with Crippen LogP contribution in [0.2, 0.25) is 0 Å². The topological polar surface area (TPSA) is 648 Å². The fourth-order valence-electron chi connectivity index (χ4n) is 11.2. The highest BCUT2D eigenvalue weighted by Crippen LogP contribution is 2.35. The Morgan fingerprint density at radius 3 is 1.79 bits per heavy atom. The number of aryl methyl sites for hydroxylation is 1. The second-order valence-corrected chi connectivity index (χ2v) is 23.0. The summed E-state index contributed by atoms with van der Waals surface area (Å²) in [7, 11) is 0. The summed E-state index contributed by atoms with van der Waals surface area (Å²) < 4.78 is 45.4. The average Bonchev–Trinajstić information content (AvgIpc) is 1.27. The Labute approximate surface area is 533 Å². The summed E-state index contributed by atoms with van der Waals surface area (Å²) in [4.78, 5) is 92.1. The summed E-state index contributed by atoms with van der Waals surface area (Å²) in [5.74, 6) is -2.41. The van der Waals surface area contributed by atoms with Gasteiger partial charge in [0.05, 0.1) is 69.4 Å². The lowest BCUT2D eigenvalue weighted by molar-refractivity contribution is -0.309. The lowest BCUT2D eigenvalue weighted by atomic mass is 9.84. The number of aliphatic hydroxyl groups excluding tert-OH is 7. The van der Waals surface area contributed by atoms with Crippen LogP contribution in [0.5, 0.6) is 0 Å². The molecule has 9 rings (SSSR count). The van der Waals surface area contributed by atoms with Gasteiger partial charge in [0.15, 0.2) is 41.8 Å². The number of hydrogen-bond acceptors (Lipinski definition) is 34. The number of fused-ring (bicyclic) bond motifs is 2. The highest BCUT2D eigenvalue weighted by Gasteiger charge is 2.54. The number of hydrogen-bond donors (Lipinski definition) is 17. The minimum atomic E-state index is -1.70. The molecule has 5 aromatic rings. The van der Waals surface area contributed by atoms with Gasteiger partial charge in [-0.3, -0.25) is 19.2 Å². The van der Waals surface area contributed by atoms with Crippen LogP contribution >= 0.6 is 0 Å². The molecule has 0 spiro atoms. The Hall–Kier alpha value is -7.73. The zero-order chi connectivity index (χ0) is 67.7. The Morgan fingerprint density at radius 2 is 1.19 bits per heavy atom. The van der Waals surface area contributed by atoms with Crippen LogP contribution < -0.4 is 56.5 Å². The minimum Gasteiger partial charge on any atom is -0.450 e. The Morgan fingerprint density at radius 1 is 0.638 bits per heavy atom.